The highest BCUT2D eigenvalue weighted by Gasteiger charge is 2.31. The first-order valence-electron chi connectivity index (χ1n) is 7.75. The Kier molecular flexibility index (Phi) is 3.62. The van der Waals surface area contributed by atoms with E-state index >= 15 is 0 Å². The van der Waals surface area contributed by atoms with E-state index in [2.05, 4.69) is 5.10 Å². The third-order valence-corrected chi connectivity index (χ3v) is 6.44. The summed E-state index contributed by atoms with van der Waals surface area (Å²) in [4.78, 5) is 4.75. The molecular formula is C17H16ClN3O2S. The number of fused-ring (bicyclic) bond motifs is 1. The fourth-order valence-corrected chi connectivity index (χ4v) is 4.99. The van der Waals surface area contributed by atoms with Crippen LogP contribution in [0.5, 0.6) is 0 Å². The maximum atomic E-state index is 11.8. The van der Waals surface area contributed by atoms with Crippen LogP contribution in [0, 0.1) is 6.92 Å². The zero-order valence-electron chi connectivity index (χ0n) is 13.1. The highest BCUT2D eigenvalue weighted by atomic mass is 35.5. The van der Waals surface area contributed by atoms with Gasteiger partial charge in [-0.3, -0.25) is 0 Å². The lowest BCUT2D eigenvalue weighted by atomic mass is 10.1. The summed E-state index contributed by atoms with van der Waals surface area (Å²) in [6.07, 6.45) is 0.589. The fourth-order valence-electron chi connectivity index (χ4n) is 3.17. The van der Waals surface area contributed by atoms with Crippen LogP contribution >= 0.6 is 11.6 Å². The van der Waals surface area contributed by atoms with Crippen LogP contribution in [-0.4, -0.2) is 34.7 Å². The van der Waals surface area contributed by atoms with Gasteiger partial charge in [0.05, 0.1) is 28.9 Å². The summed E-state index contributed by atoms with van der Waals surface area (Å²) in [6, 6.07) is 11.3. The first-order chi connectivity index (χ1) is 11.4. The van der Waals surface area contributed by atoms with Crippen molar-refractivity contribution in [2.75, 3.05) is 11.5 Å². The topological polar surface area (TPSA) is 64.8 Å². The molecule has 0 unspecified atom stereocenters. The fraction of sp³-hybridized carbons (Fsp3) is 0.294. The van der Waals surface area contributed by atoms with Gasteiger partial charge in [-0.15, -0.1) is 0 Å². The van der Waals surface area contributed by atoms with Crippen LogP contribution in [0.2, 0.25) is 5.02 Å². The molecule has 1 atom stereocenters. The molecule has 3 heterocycles. The molecular weight excluding hydrogens is 346 g/mol. The number of aryl methyl sites for hydroxylation is 1. The number of pyridine rings is 1. The zero-order chi connectivity index (χ0) is 16.9. The smallest absolute Gasteiger partial charge is 0.158 e. The molecule has 5 nitrogen and oxygen atoms in total. The van der Waals surface area contributed by atoms with Crippen molar-refractivity contribution >= 4 is 32.5 Å². The molecule has 7 heteroatoms. The first kappa shape index (κ1) is 15.6. The van der Waals surface area contributed by atoms with Gasteiger partial charge in [0.2, 0.25) is 0 Å². The zero-order valence-corrected chi connectivity index (χ0v) is 14.7. The van der Waals surface area contributed by atoms with Crippen LogP contribution in [0.25, 0.3) is 22.3 Å². The number of benzene rings is 1. The van der Waals surface area contributed by atoms with Gasteiger partial charge < -0.3 is 0 Å². The van der Waals surface area contributed by atoms with E-state index in [1.165, 1.54) is 0 Å². The Labute approximate surface area is 145 Å². The number of sulfone groups is 1. The van der Waals surface area contributed by atoms with Crippen molar-refractivity contribution in [3.05, 3.63) is 47.1 Å². The lowest BCUT2D eigenvalue weighted by Gasteiger charge is -2.10. The number of hydrogen-bond acceptors (Lipinski definition) is 4. The molecule has 0 aliphatic carbocycles. The van der Waals surface area contributed by atoms with E-state index in [0.29, 0.717) is 11.4 Å². The van der Waals surface area contributed by atoms with Crippen molar-refractivity contribution in [1.82, 2.24) is 14.8 Å². The molecule has 1 aliphatic rings. The van der Waals surface area contributed by atoms with E-state index < -0.39 is 9.84 Å². The van der Waals surface area contributed by atoms with Gasteiger partial charge in [-0.25, -0.2) is 18.1 Å². The molecule has 1 aliphatic heterocycles. The molecule has 0 spiro atoms. The van der Waals surface area contributed by atoms with Gasteiger partial charge in [0.1, 0.15) is 0 Å². The Morgan fingerprint density at radius 3 is 2.58 bits per heavy atom. The molecule has 0 bridgehead atoms. The Morgan fingerprint density at radius 2 is 1.92 bits per heavy atom. The predicted octanol–water partition coefficient (Wildman–Crippen LogP) is 3.42. The molecule has 1 aromatic carbocycles. The van der Waals surface area contributed by atoms with Crippen LogP contribution in [-0.2, 0) is 9.84 Å². The monoisotopic (exact) mass is 361 g/mol. The largest absolute Gasteiger partial charge is 0.243 e. The van der Waals surface area contributed by atoms with Gasteiger partial charge in [-0.05, 0) is 37.6 Å². The molecule has 124 valence electrons. The van der Waals surface area contributed by atoms with Crippen LogP contribution in [0.1, 0.15) is 18.2 Å². The minimum atomic E-state index is -2.97. The van der Waals surface area contributed by atoms with Gasteiger partial charge in [-0.1, -0.05) is 23.7 Å². The third kappa shape index (κ3) is 2.70. The van der Waals surface area contributed by atoms with E-state index in [1.807, 2.05) is 43.3 Å². The molecule has 2 aromatic heterocycles. The number of nitrogens with zero attached hydrogens (tertiary/aromatic N) is 3. The quantitative estimate of drug-likeness (QED) is 0.701. The van der Waals surface area contributed by atoms with Crippen LogP contribution in [0.15, 0.2) is 36.4 Å². The lowest BCUT2D eigenvalue weighted by molar-refractivity contribution is 0.509. The number of rotatable bonds is 2. The number of halogens is 1. The van der Waals surface area contributed by atoms with Crippen molar-refractivity contribution < 1.29 is 8.42 Å². The molecule has 1 saturated heterocycles. The highest BCUT2D eigenvalue weighted by molar-refractivity contribution is 7.91. The molecule has 0 saturated carbocycles. The van der Waals surface area contributed by atoms with Gasteiger partial charge >= 0.3 is 0 Å². The summed E-state index contributed by atoms with van der Waals surface area (Å²) in [5, 5.41) is 6.19. The third-order valence-electron chi connectivity index (χ3n) is 4.43. The Balaban J connectivity index is 1.83. The Bertz CT molecular complexity index is 1030. The molecule has 0 radical (unpaired) electrons. The van der Waals surface area contributed by atoms with Gasteiger partial charge in [-0.2, -0.15) is 5.10 Å². The average molecular weight is 362 g/mol. The summed E-state index contributed by atoms with van der Waals surface area (Å²) in [5.74, 6) is 0.352. The van der Waals surface area contributed by atoms with E-state index in [-0.39, 0.29) is 17.5 Å². The van der Waals surface area contributed by atoms with Crippen LogP contribution < -0.4 is 0 Å². The second-order valence-electron chi connectivity index (χ2n) is 6.16. The van der Waals surface area contributed by atoms with Gasteiger partial charge in [0.15, 0.2) is 15.5 Å². The standard InChI is InChI=1S/C17H16ClN3O2S/c1-11-15-6-7-16(12-2-4-13(18)5-3-12)19-17(15)21(20-11)14-8-9-24(22,23)10-14/h2-7,14H,8-10H2,1H3/t14-/m0/s1. The summed E-state index contributed by atoms with van der Waals surface area (Å²) in [5.41, 5.74) is 3.39. The number of aromatic nitrogens is 3. The van der Waals surface area contributed by atoms with E-state index in [0.717, 1.165) is 28.0 Å². The van der Waals surface area contributed by atoms with Gasteiger partial charge in [0, 0.05) is 16.0 Å². The summed E-state index contributed by atoms with van der Waals surface area (Å²) < 4.78 is 25.4. The Morgan fingerprint density at radius 1 is 1.17 bits per heavy atom. The first-order valence-corrected chi connectivity index (χ1v) is 9.95. The molecule has 0 amide bonds. The average Bonchev–Trinajstić information content (AvgIpc) is 3.08. The van der Waals surface area contributed by atoms with E-state index in [1.54, 1.807) is 4.68 Å². The van der Waals surface area contributed by atoms with Crippen LogP contribution in [0.3, 0.4) is 0 Å². The maximum Gasteiger partial charge on any atom is 0.158 e. The van der Waals surface area contributed by atoms with Crippen molar-refractivity contribution in [3.63, 3.8) is 0 Å². The van der Waals surface area contributed by atoms with Crippen molar-refractivity contribution in [1.29, 1.82) is 0 Å². The lowest BCUT2D eigenvalue weighted by Crippen LogP contribution is -2.13. The molecule has 4 rings (SSSR count). The highest BCUT2D eigenvalue weighted by Crippen LogP contribution is 2.29. The molecule has 3 aromatic rings. The second-order valence-corrected chi connectivity index (χ2v) is 8.83. The van der Waals surface area contributed by atoms with Crippen molar-refractivity contribution in [2.45, 2.75) is 19.4 Å². The predicted molar refractivity (Wildman–Crippen MR) is 95.0 cm³/mol. The van der Waals surface area contributed by atoms with Crippen molar-refractivity contribution in [3.8, 4) is 11.3 Å². The van der Waals surface area contributed by atoms with Crippen LogP contribution in [0.4, 0.5) is 0 Å². The summed E-state index contributed by atoms with van der Waals surface area (Å²) in [7, 11) is -2.97. The summed E-state index contributed by atoms with van der Waals surface area (Å²) in [6.45, 7) is 1.92. The maximum absolute atomic E-state index is 11.8. The molecule has 1 fully saturated rings. The minimum absolute atomic E-state index is 0.135. The SMILES string of the molecule is Cc1nn([C@H]2CCS(=O)(=O)C2)c2nc(-c3ccc(Cl)cc3)ccc12. The second kappa shape index (κ2) is 5.57. The van der Waals surface area contributed by atoms with Gasteiger partial charge in [0.25, 0.3) is 0 Å². The van der Waals surface area contributed by atoms with E-state index in [9.17, 15) is 8.42 Å². The molecule has 24 heavy (non-hydrogen) atoms. The summed E-state index contributed by atoms with van der Waals surface area (Å²) >= 11 is 5.94. The Hall–Kier alpha value is -1.92. The van der Waals surface area contributed by atoms with E-state index in [4.69, 9.17) is 16.6 Å². The minimum Gasteiger partial charge on any atom is -0.243 e. The number of hydrogen-bond donors (Lipinski definition) is 0. The van der Waals surface area contributed by atoms with Crippen molar-refractivity contribution in [2.24, 2.45) is 0 Å². The normalized spacial score (nSPS) is 19.8. The molecule has 0 N–H and O–H groups in total.